The molecule has 4 nitrogen and oxygen atoms in total. The van der Waals surface area contributed by atoms with Crippen molar-refractivity contribution in [3.05, 3.63) is 29.3 Å². The van der Waals surface area contributed by atoms with Gasteiger partial charge in [-0.2, -0.15) is 0 Å². The molecule has 16 heavy (non-hydrogen) atoms. The molecule has 0 aromatic heterocycles. The van der Waals surface area contributed by atoms with Gasteiger partial charge in [-0.15, -0.1) is 0 Å². The molecule has 0 saturated carbocycles. The molecular weight excluding hydrogens is 206 g/mol. The first kappa shape index (κ1) is 10.7. The number of ether oxygens (including phenoxy) is 1. The summed E-state index contributed by atoms with van der Waals surface area (Å²) in [6.45, 7) is 2.66. The third-order valence-corrected chi connectivity index (χ3v) is 2.51. The summed E-state index contributed by atoms with van der Waals surface area (Å²) >= 11 is 0. The van der Waals surface area contributed by atoms with Gasteiger partial charge in [0.1, 0.15) is 0 Å². The summed E-state index contributed by atoms with van der Waals surface area (Å²) in [6.07, 6.45) is 0.472. The van der Waals surface area contributed by atoms with Gasteiger partial charge in [-0.05, 0) is 19.1 Å². The van der Waals surface area contributed by atoms with Crippen molar-refractivity contribution >= 4 is 17.4 Å². The molecular formula is C12H13NO3. The molecule has 1 aliphatic heterocycles. The van der Waals surface area contributed by atoms with E-state index in [0.717, 1.165) is 0 Å². The quantitative estimate of drug-likeness (QED) is 0.771. The van der Waals surface area contributed by atoms with Crippen LogP contribution < -0.4 is 5.32 Å². The number of hydrogen-bond donors (Lipinski definition) is 1. The van der Waals surface area contributed by atoms with E-state index in [1.165, 1.54) is 0 Å². The minimum absolute atomic E-state index is 0.0694. The van der Waals surface area contributed by atoms with Gasteiger partial charge < -0.3 is 10.1 Å². The molecule has 0 saturated heterocycles. The Morgan fingerprint density at radius 2 is 2.31 bits per heavy atom. The minimum Gasteiger partial charge on any atom is -0.462 e. The molecule has 4 heteroatoms. The van der Waals surface area contributed by atoms with Gasteiger partial charge in [0.2, 0.25) is 0 Å². The van der Waals surface area contributed by atoms with E-state index in [1.54, 1.807) is 25.1 Å². The summed E-state index contributed by atoms with van der Waals surface area (Å²) in [6, 6.07) is 5.10. The number of benzene rings is 1. The fourth-order valence-corrected chi connectivity index (χ4v) is 1.79. The van der Waals surface area contributed by atoms with Crippen molar-refractivity contribution in [1.82, 2.24) is 0 Å². The van der Waals surface area contributed by atoms with Crippen molar-refractivity contribution in [3.8, 4) is 0 Å². The van der Waals surface area contributed by atoms with Gasteiger partial charge in [-0.3, -0.25) is 4.79 Å². The zero-order chi connectivity index (χ0) is 11.5. The molecule has 0 amide bonds. The second kappa shape index (κ2) is 4.35. The van der Waals surface area contributed by atoms with Gasteiger partial charge in [-0.1, -0.05) is 6.07 Å². The van der Waals surface area contributed by atoms with Gasteiger partial charge in [0.25, 0.3) is 0 Å². The first-order valence-electron chi connectivity index (χ1n) is 5.31. The standard InChI is InChI=1S/C12H13NO3/c1-2-16-12(15)9-5-3-4-8-10(14)6-7-13-11(8)9/h3-5,13H,2,6-7H2,1H3. The number of carbonyl (C=O) groups excluding carboxylic acids is 2. The SMILES string of the molecule is CCOC(=O)c1cccc2c1NCCC2=O. The summed E-state index contributed by atoms with van der Waals surface area (Å²) in [4.78, 5) is 23.3. The Morgan fingerprint density at radius 1 is 1.50 bits per heavy atom. The van der Waals surface area contributed by atoms with Crippen LogP contribution in [-0.4, -0.2) is 24.9 Å². The Bertz CT molecular complexity index is 440. The average Bonchev–Trinajstić information content (AvgIpc) is 2.29. The largest absolute Gasteiger partial charge is 0.462 e. The summed E-state index contributed by atoms with van der Waals surface area (Å²) in [7, 11) is 0. The van der Waals surface area contributed by atoms with Gasteiger partial charge in [0, 0.05) is 18.5 Å². The van der Waals surface area contributed by atoms with Crippen molar-refractivity contribution in [1.29, 1.82) is 0 Å². The Hall–Kier alpha value is -1.84. The lowest BCUT2D eigenvalue weighted by Crippen LogP contribution is -2.21. The lowest BCUT2D eigenvalue weighted by molar-refractivity contribution is 0.0527. The van der Waals surface area contributed by atoms with Crippen LogP contribution in [0.2, 0.25) is 0 Å². The molecule has 0 spiro atoms. The first-order valence-corrected chi connectivity index (χ1v) is 5.31. The van der Waals surface area contributed by atoms with Crippen LogP contribution in [0.5, 0.6) is 0 Å². The van der Waals surface area contributed by atoms with Crippen LogP contribution in [0.4, 0.5) is 5.69 Å². The van der Waals surface area contributed by atoms with E-state index in [4.69, 9.17) is 4.74 Å². The lowest BCUT2D eigenvalue weighted by atomic mass is 9.98. The number of Topliss-reactive ketones (excluding diaryl/α,β-unsaturated/α-hetero) is 1. The normalized spacial score (nSPS) is 13.9. The number of fused-ring (bicyclic) bond motifs is 1. The number of anilines is 1. The molecule has 0 aliphatic carbocycles. The van der Waals surface area contributed by atoms with Gasteiger partial charge in [-0.25, -0.2) is 4.79 Å². The highest BCUT2D eigenvalue weighted by Gasteiger charge is 2.22. The maximum absolute atomic E-state index is 11.6. The van der Waals surface area contributed by atoms with Crippen LogP contribution in [0.1, 0.15) is 34.1 Å². The topological polar surface area (TPSA) is 55.4 Å². The summed E-state index contributed by atoms with van der Waals surface area (Å²) < 4.78 is 4.94. The minimum atomic E-state index is -0.387. The Morgan fingerprint density at radius 3 is 3.06 bits per heavy atom. The van der Waals surface area contributed by atoms with Crippen LogP contribution in [0.3, 0.4) is 0 Å². The Labute approximate surface area is 93.6 Å². The molecule has 0 radical (unpaired) electrons. The average molecular weight is 219 g/mol. The second-order valence-corrected chi connectivity index (χ2v) is 3.55. The maximum Gasteiger partial charge on any atom is 0.340 e. The molecule has 0 fully saturated rings. The fraction of sp³-hybridized carbons (Fsp3) is 0.333. The smallest absolute Gasteiger partial charge is 0.340 e. The summed E-state index contributed by atoms with van der Waals surface area (Å²) in [5, 5.41) is 3.08. The molecule has 2 rings (SSSR count). The van der Waals surface area contributed by atoms with Crippen LogP contribution in [0, 0.1) is 0 Å². The highest BCUT2D eigenvalue weighted by molar-refractivity contribution is 6.08. The Balaban J connectivity index is 2.43. The van der Waals surface area contributed by atoms with E-state index < -0.39 is 0 Å². The van der Waals surface area contributed by atoms with Gasteiger partial charge in [0.15, 0.2) is 5.78 Å². The van der Waals surface area contributed by atoms with E-state index in [2.05, 4.69) is 5.32 Å². The van der Waals surface area contributed by atoms with E-state index in [0.29, 0.717) is 36.4 Å². The van der Waals surface area contributed by atoms with Crippen molar-refractivity contribution in [2.24, 2.45) is 0 Å². The zero-order valence-electron chi connectivity index (χ0n) is 9.08. The predicted octanol–water partition coefficient (Wildman–Crippen LogP) is 1.86. The fourth-order valence-electron chi connectivity index (χ4n) is 1.79. The van der Waals surface area contributed by atoms with Crippen LogP contribution in [0.15, 0.2) is 18.2 Å². The maximum atomic E-state index is 11.6. The van der Waals surface area contributed by atoms with E-state index in [1.807, 2.05) is 0 Å². The molecule has 84 valence electrons. The molecule has 1 N–H and O–H groups in total. The van der Waals surface area contributed by atoms with Crippen molar-refractivity contribution in [2.75, 3.05) is 18.5 Å². The molecule has 0 unspecified atom stereocenters. The van der Waals surface area contributed by atoms with Crippen molar-refractivity contribution in [3.63, 3.8) is 0 Å². The number of esters is 1. The summed E-state index contributed by atoms with van der Waals surface area (Å²) in [5.41, 5.74) is 1.63. The molecule has 0 bridgehead atoms. The molecule has 0 atom stereocenters. The highest BCUT2D eigenvalue weighted by atomic mass is 16.5. The van der Waals surface area contributed by atoms with E-state index in [9.17, 15) is 9.59 Å². The van der Waals surface area contributed by atoms with Crippen LogP contribution >= 0.6 is 0 Å². The second-order valence-electron chi connectivity index (χ2n) is 3.55. The lowest BCUT2D eigenvalue weighted by Gasteiger charge is -2.19. The van der Waals surface area contributed by atoms with E-state index in [-0.39, 0.29) is 11.8 Å². The predicted molar refractivity (Wildman–Crippen MR) is 59.8 cm³/mol. The number of carbonyl (C=O) groups is 2. The van der Waals surface area contributed by atoms with E-state index >= 15 is 0 Å². The molecule has 1 aromatic carbocycles. The number of rotatable bonds is 2. The third-order valence-electron chi connectivity index (χ3n) is 2.51. The van der Waals surface area contributed by atoms with Gasteiger partial charge in [0.05, 0.1) is 17.9 Å². The van der Waals surface area contributed by atoms with Gasteiger partial charge >= 0.3 is 5.97 Å². The van der Waals surface area contributed by atoms with Crippen molar-refractivity contribution in [2.45, 2.75) is 13.3 Å². The monoisotopic (exact) mass is 219 g/mol. The van der Waals surface area contributed by atoms with Crippen LogP contribution in [-0.2, 0) is 4.74 Å². The third kappa shape index (κ3) is 1.78. The van der Waals surface area contributed by atoms with Crippen LogP contribution in [0.25, 0.3) is 0 Å². The zero-order valence-corrected chi connectivity index (χ0v) is 9.08. The van der Waals surface area contributed by atoms with Crippen molar-refractivity contribution < 1.29 is 14.3 Å². The number of para-hydroxylation sites is 1. The Kier molecular flexibility index (Phi) is 2.90. The number of hydrogen-bond acceptors (Lipinski definition) is 4. The first-order chi connectivity index (χ1) is 7.74. The number of nitrogens with one attached hydrogen (secondary N) is 1. The summed E-state index contributed by atoms with van der Waals surface area (Å²) in [5.74, 6) is -0.318. The highest BCUT2D eigenvalue weighted by Crippen LogP contribution is 2.26. The molecule has 1 aromatic rings. The molecule has 1 heterocycles. The number of ketones is 1. The molecule has 1 aliphatic rings.